The fraction of sp³-hybridized carbons (Fsp3) is 0.316. The Labute approximate surface area is 172 Å². The number of nitrogens with zero attached hydrogens (tertiary/aromatic N) is 5. The van der Waals surface area contributed by atoms with Crippen molar-refractivity contribution in [2.75, 3.05) is 26.2 Å². The number of aryl methyl sites for hydroxylation is 1. The molecule has 1 saturated heterocycles. The average molecular weight is 419 g/mol. The number of amides is 1. The van der Waals surface area contributed by atoms with E-state index in [0.29, 0.717) is 34.5 Å². The van der Waals surface area contributed by atoms with Crippen LogP contribution in [-0.2, 0) is 13.6 Å². The summed E-state index contributed by atoms with van der Waals surface area (Å²) in [7, 11) is 1.91. The van der Waals surface area contributed by atoms with E-state index in [2.05, 4.69) is 20.2 Å². The van der Waals surface area contributed by atoms with Crippen LogP contribution in [0.4, 0.5) is 0 Å². The van der Waals surface area contributed by atoms with E-state index in [-0.39, 0.29) is 5.91 Å². The number of H-pyrrole nitrogens is 1. The second-order valence-corrected chi connectivity index (χ2v) is 7.70. The van der Waals surface area contributed by atoms with Crippen LogP contribution in [0.2, 0.25) is 10.0 Å². The van der Waals surface area contributed by atoms with Crippen LogP contribution in [-0.4, -0.2) is 61.9 Å². The molecule has 4 rings (SSSR count). The van der Waals surface area contributed by atoms with Crippen LogP contribution in [0.1, 0.15) is 16.1 Å². The number of halogens is 2. The van der Waals surface area contributed by atoms with Gasteiger partial charge in [-0.25, -0.2) is 0 Å². The molecule has 2 aromatic heterocycles. The van der Waals surface area contributed by atoms with Crippen molar-refractivity contribution in [2.45, 2.75) is 6.54 Å². The fourth-order valence-electron chi connectivity index (χ4n) is 3.33. The van der Waals surface area contributed by atoms with Gasteiger partial charge < -0.3 is 4.90 Å². The van der Waals surface area contributed by atoms with Gasteiger partial charge in [0.25, 0.3) is 5.91 Å². The summed E-state index contributed by atoms with van der Waals surface area (Å²) in [5, 5.41) is 12.2. The first-order valence-corrected chi connectivity index (χ1v) is 9.75. The minimum absolute atomic E-state index is 0.0418. The van der Waals surface area contributed by atoms with Gasteiger partial charge in [-0.15, -0.1) is 0 Å². The summed E-state index contributed by atoms with van der Waals surface area (Å²) >= 11 is 12.0. The molecule has 0 saturated carbocycles. The molecule has 1 aliphatic heterocycles. The lowest BCUT2D eigenvalue weighted by Gasteiger charge is -2.34. The van der Waals surface area contributed by atoms with E-state index in [1.54, 1.807) is 22.9 Å². The van der Waals surface area contributed by atoms with Gasteiger partial charge in [0.2, 0.25) is 0 Å². The van der Waals surface area contributed by atoms with Gasteiger partial charge in [-0.2, -0.15) is 10.2 Å². The Morgan fingerprint density at radius 3 is 2.61 bits per heavy atom. The molecule has 7 nitrogen and oxygen atoms in total. The molecular weight excluding hydrogens is 399 g/mol. The van der Waals surface area contributed by atoms with Crippen molar-refractivity contribution in [3.05, 3.63) is 58.0 Å². The lowest BCUT2D eigenvalue weighted by Crippen LogP contribution is -2.48. The Morgan fingerprint density at radius 1 is 1.14 bits per heavy atom. The standard InChI is InChI=1S/C19H20Cl2N6O/c1-25-11-13(10-22-25)12-26-4-6-27(7-5-26)19(28)18-9-17(23-24-18)14-2-3-15(20)16(21)8-14/h2-3,8-11H,4-7,12H2,1H3,(H,23,24). The number of hydrogen-bond donors (Lipinski definition) is 1. The zero-order valence-corrected chi connectivity index (χ0v) is 16.9. The molecule has 28 heavy (non-hydrogen) atoms. The largest absolute Gasteiger partial charge is 0.335 e. The van der Waals surface area contributed by atoms with Crippen molar-refractivity contribution in [3.8, 4) is 11.3 Å². The Morgan fingerprint density at radius 2 is 1.93 bits per heavy atom. The molecule has 3 heterocycles. The highest BCUT2D eigenvalue weighted by atomic mass is 35.5. The van der Waals surface area contributed by atoms with Gasteiger partial charge in [-0.1, -0.05) is 29.3 Å². The second-order valence-electron chi connectivity index (χ2n) is 6.89. The summed E-state index contributed by atoms with van der Waals surface area (Å²) in [6, 6.07) is 7.04. The van der Waals surface area contributed by atoms with Crippen molar-refractivity contribution in [1.82, 2.24) is 29.8 Å². The number of piperazine rings is 1. The Bertz CT molecular complexity index is 990. The molecule has 0 bridgehead atoms. The highest BCUT2D eigenvalue weighted by Gasteiger charge is 2.24. The highest BCUT2D eigenvalue weighted by Crippen LogP contribution is 2.28. The molecule has 1 fully saturated rings. The van der Waals surface area contributed by atoms with E-state index < -0.39 is 0 Å². The van der Waals surface area contributed by atoms with Gasteiger partial charge in [-0.3, -0.25) is 19.5 Å². The summed E-state index contributed by atoms with van der Waals surface area (Å²) in [5.74, 6) is -0.0418. The van der Waals surface area contributed by atoms with Crippen LogP contribution in [0.15, 0.2) is 36.7 Å². The molecule has 1 amide bonds. The fourth-order valence-corrected chi connectivity index (χ4v) is 3.62. The van der Waals surface area contributed by atoms with Gasteiger partial charge in [-0.05, 0) is 18.2 Å². The van der Waals surface area contributed by atoms with Crippen molar-refractivity contribution >= 4 is 29.1 Å². The first-order chi connectivity index (χ1) is 13.5. The number of benzene rings is 1. The monoisotopic (exact) mass is 418 g/mol. The minimum atomic E-state index is -0.0418. The van der Waals surface area contributed by atoms with Crippen molar-refractivity contribution in [2.24, 2.45) is 7.05 Å². The number of carbonyl (C=O) groups is 1. The Balaban J connectivity index is 1.37. The van der Waals surface area contributed by atoms with E-state index >= 15 is 0 Å². The van der Waals surface area contributed by atoms with Crippen LogP contribution in [0.5, 0.6) is 0 Å². The maximum absolute atomic E-state index is 12.8. The molecule has 0 spiro atoms. The van der Waals surface area contributed by atoms with Gasteiger partial charge in [0.15, 0.2) is 0 Å². The molecule has 1 N–H and O–H groups in total. The number of carbonyl (C=O) groups excluding carboxylic acids is 1. The van der Waals surface area contributed by atoms with E-state index in [4.69, 9.17) is 23.2 Å². The Kier molecular flexibility index (Phi) is 5.39. The third kappa shape index (κ3) is 4.06. The maximum Gasteiger partial charge on any atom is 0.271 e. The number of hydrogen-bond acceptors (Lipinski definition) is 4. The number of aromatic nitrogens is 4. The predicted octanol–water partition coefficient (Wildman–Crippen LogP) is 3.08. The van der Waals surface area contributed by atoms with Gasteiger partial charge in [0.05, 0.1) is 21.9 Å². The van der Waals surface area contributed by atoms with Gasteiger partial charge >= 0.3 is 0 Å². The molecule has 0 unspecified atom stereocenters. The molecule has 1 aromatic carbocycles. The van der Waals surface area contributed by atoms with Crippen LogP contribution < -0.4 is 0 Å². The quantitative estimate of drug-likeness (QED) is 0.706. The molecule has 3 aromatic rings. The summed E-state index contributed by atoms with van der Waals surface area (Å²) in [6.07, 6.45) is 3.90. The molecular formula is C19H20Cl2N6O. The maximum atomic E-state index is 12.8. The zero-order valence-electron chi connectivity index (χ0n) is 15.4. The highest BCUT2D eigenvalue weighted by molar-refractivity contribution is 6.42. The van der Waals surface area contributed by atoms with Crippen LogP contribution in [0.3, 0.4) is 0 Å². The van der Waals surface area contributed by atoms with Crippen molar-refractivity contribution < 1.29 is 4.79 Å². The summed E-state index contributed by atoms with van der Waals surface area (Å²) in [4.78, 5) is 17.0. The normalized spacial score (nSPS) is 15.2. The third-order valence-electron chi connectivity index (χ3n) is 4.85. The molecule has 0 radical (unpaired) electrons. The van der Waals surface area contributed by atoms with Gasteiger partial charge in [0.1, 0.15) is 5.69 Å². The first-order valence-electron chi connectivity index (χ1n) is 8.99. The lowest BCUT2D eigenvalue weighted by molar-refractivity contribution is 0.0622. The first kappa shape index (κ1) is 19.0. The van der Waals surface area contributed by atoms with E-state index in [1.807, 2.05) is 30.4 Å². The summed E-state index contributed by atoms with van der Waals surface area (Å²) < 4.78 is 1.80. The number of aromatic amines is 1. The van der Waals surface area contributed by atoms with Crippen LogP contribution in [0, 0.1) is 0 Å². The minimum Gasteiger partial charge on any atom is -0.335 e. The van der Waals surface area contributed by atoms with Crippen molar-refractivity contribution in [3.63, 3.8) is 0 Å². The summed E-state index contributed by atoms with van der Waals surface area (Å²) in [5.41, 5.74) is 3.13. The van der Waals surface area contributed by atoms with Crippen LogP contribution in [0.25, 0.3) is 11.3 Å². The number of nitrogens with one attached hydrogen (secondary N) is 1. The Hall–Kier alpha value is -2.35. The SMILES string of the molecule is Cn1cc(CN2CCN(C(=O)c3cc(-c4ccc(Cl)c(Cl)c4)n[nH]3)CC2)cn1. The second kappa shape index (κ2) is 7.95. The zero-order chi connectivity index (χ0) is 19.7. The predicted molar refractivity (Wildman–Crippen MR) is 108 cm³/mol. The topological polar surface area (TPSA) is 70.1 Å². The van der Waals surface area contributed by atoms with Gasteiger partial charge in [0, 0.05) is 57.1 Å². The summed E-state index contributed by atoms with van der Waals surface area (Å²) in [6.45, 7) is 3.87. The molecule has 0 aliphatic carbocycles. The molecule has 0 atom stereocenters. The van der Waals surface area contributed by atoms with Crippen molar-refractivity contribution in [1.29, 1.82) is 0 Å². The van der Waals surface area contributed by atoms with E-state index in [9.17, 15) is 4.79 Å². The lowest BCUT2D eigenvalue weighted by atomic mass is 10.1. The van der Waals surface area contributed by atoms with E-state index in [1.165, 1.54) is 5.56 Å². The van der Waals surface area contributed by atoms with Crippen LogP contribution >= 0.6 is 23.2 Å². The third-order valence-corrected chi connectivity index (χ3v) is 5.59. The average Bonchev–Trinajstić information content (AvgIpc) is 3.33. The molecule has 9 heteroatoms. The smallest absolute Gasteiger partial charge is 0.271 e. The van der Waals surface area contributed by atoms with E-state index in [0.717, 1.165) is 25.2 Å². The number of rotatable bonds is 4. The molecule has 1 aliphatic rings. The molecule has 146 valence electrons.